The van der Waals surface area contributed by atoms with Gasteiger partial charge >= 0.3 is 12.0 Å². The Hall–Kier alpha value is -1.30. The molecule has 3 N–H and O–H groups in total. The molecule has 116 valence electrons. The summed E-state index contributed by atoms with van der Waals surface area (Å²) < 4.78 is 5.17. The summed E-state index contributed by atoms with van der Waals surface area (Å²) in [4.78, 5) is 23.4. The van der Waals surface area contributed by atoms with Gasteiger partial charge in [0.25, 0.3) is 0 Å². The number of amides is 2. The van der Waals surface area contributed by atoms with E-state index in [2.05, 4.69) is 10.6 Å². The predicted octanol–water partition coefficient (Wildman–Crippen LogP) is 1.89. The molecule has 0 aromatic heterocycles. The fourth-order valence-corrected chi connectivity index (χ4v) is 2.51. The molecule has 2 amide bonds. The van der Waals surface area contributed by atoms with Gasteiger partial charge < -0.3 is 20.5 Å². The molecule has 0 heterocycles. The maximum atomic E-state index is 11.8. The van der Waals surface area contributed by atoms with Gasteiger partial charge in [-0.25, -0.2) is 9.59 Å². The highest BCUT2D eigenvalue weighted by molar-refractivity contribution is 5.86. The van der Waals surface area contributed by atoms with Crippen LogP contribution in [0.4, 0.5) is 4.79 Å². The molecule has 0 bridgehead atoms. The summed E-state index contributed by atoms with van der Waals surface area (Å²) in [5, 5.41) is 14.8. The lowest BCUT2D eigenvalue weighted by atomic mass is 9.90. The molecule has 0 aromatic rings. The van der Waals surface area contributed by atoms with Gasteiger partial charge in [0.1, 0.15) is 5.54 Å². The summed E-state index contributed by atoms with van der Waals surface area (Å²) in [6.07, 6.45) is 5.50. The molecule has 0 aromatic carbocycles. The topological polar surface area (TPSA) is 87.7 Å². The Bertz CT molecular complexity index is 312. The molecule has 0 saturated heterocycles. The van der Waals surface area contributed by atoms with Crippen molar-refractivity contribution in [3.05, 3.63) is 0 Å². The van der Waals surface area contributed by atoms with Crippen LogP contribution < -0.4 is 10.6 Å². The minimum atomic E-state index is -1.10. The normalized spacial score (nSPS) is 18.1. The first-order chi connectivity index (χ1) is 9.60. The third-order valence-corrected chi connectivity index (χ3v) is 3.67. The minimum Gasteiger partial charge on any atom is -0.480 e. The molecule has 0 spiro atoms. The van der Waals surface area contributed by atoms with Crippen molar-refractivity contribution in [3.63, 3.8) is 0 Å². The standard InChI is InChI=1S/C14H26N2O4/c1-2-20-11-7-10-15-13(19)16-14(12(17)18)8-5-3-4-6-9-14/h2-11H2,1H3,(H,17,18)(H2,15,16,19). The highest BCUT2D eigenvalue weighted by Crippen LogP contribution is 2.27. The van der Waals surface area contributed by atoms with Crippen molar-refractivity contribution in [2.75, 3.05) is 19.8 Å². The molecule has 1 saturated carbocycles. The minimum absolute atomic E-state index is 0.397. The Morgan fingerprint density at radius 2 is 1.85 bits per heavy atom. The van der Waals surface area contributed by atoms with Gasteiger partial charge in [-0.05, 0) is 26.2 Å². The predicted molar refractivity (Wildman–Crippen MR) is 75.7 cm³/mol. The number of hydrogen-bond donors (Lipinski definition) is 3. The van der Waals surface area contributed by atoms with Gasteiger partial charge in [0, 0.05) is 19.8 Å². The van der Waals surface area contributed by atoms with Crippen LogP contribution in [0, 0.1) is 0 Å². The maximum Gasteiger partial charge on any atom is 0.329 e. The zero-order chi connectivity index (χ0) is 14.8. The van der Waals surface area contributed by atoms with Crippen molar-refractivity contribution in [2.45, 2.75) is 57.4 Å². The molecular weight excluding hydrogens is 260 g/mol. The fraction of sp³-hybridized carbons (Fsp3) is 0.857. The SMILES string of the molecule is CCOCCCNC(=O)NC1(C(=O)O)CCCCCC1. The molecule has 6 nitrogen and oxygen atoms in total. The van der Waals surface area contributed by atoms with E-state index in [-0.39, 0.29) is 0 Å². The van der Waals surface area contributed by atoms with Crippen LogP contribution >= 0.6 is 0 Å². The van der Waals surface area contributed by atoms with E-state index in [1.54, 1.807) is 0 Å². The lowest BCUT2D eigenvalue weighted by Gasteiger charge is -2.29. The van der Waals surface area contributed by atoms with Crippen molar-refractivity contribution < 1.29 is 19.4 Å². The Morgan fingerprint density at radius 3 is 2.40 bits per heavy atom. The number of nitrogens with one attached hydrogen (secondary N) is 2. The Morgan fingerprint density at radius 1 is 1.20 bits per heavy atom. The summed E-state index contributed by atoms with van der Waals surface area (Å²) in [6.45, 7) is 3.67. The van der Waals surface area contributed by atoms with Crippen LogP contribution in [0.2, 0.25) is 0 Å². The number of ether oxygens (including phenoxy) is 1. The van der Waals surface area contributed by atoms with E-state index in [4.69, 9.17) is 4.74 Å². The summed E-state index contributed by atoms with van der Waals surface area (Å²) in [6, 6.07) is -0.397. The van der Waals surface area contributed by atoms with E-state index in [9.17, 15) is 14.7 Å². The molecule has 0 unspecified atom stereocenters. The monoisotopic (exact) mass is 286 g/mol. The van der Waals surface area contributed by atoms with Crippen LogP contribution in [0.15, 0.2) is 0 Å². The van der Waals surface area contributed by atoms with Crippen LogP contribution in [0.1, 0.15) is 51.9 Å². The molecule has 1 aliphatic rings. The molecule has 0 radical (unpaired) electrons. The largest absolute Gasteiger partial charge is 0.480 e. The Balaban J connectivity index is 2.40. The summed E-state index contributed by atoms with van der Waals surface area (Å²) in [5.41, 5.74) is -1.10. The second-order valence-corrected chi connectivity index (χ2v) is 5.23. The Labute approximate surface area is 120 Å². The number of urea groups is 1. The average molecular weight is 286 g/mol. The highest BCUT2D eigenvalue weighted by Gasteiger charge is 2.39. The number of carbonyl (C=O) groups excluding carboxylic acids is 1. The van der Waals surface area contributed by atoms with E-state index in [0.717, 1.165) is 32.1 Å². The first-order valence-corrected chi connectivity index (χ1v) is 7.48. The van der Waals surface area contributed by atoms with Crippen LogP contribution in [-0.4, -0.2) is 42.4 Å². The van der Waals surface area contributed by atoms with Gasteiger partial charge in [-0.2, -0.15) is 0 Å². The number of rotatable bonds is 7. The average Bonchev–Trinajstić information content (AvgIpc) is 2.65. The Kier molecular flexibility index (Phi) is 7.36. The van der Waals surface area contributed by atoms with Crippen molar-refractivity contribution in [2.24, 2.45) is 0 Å². The molecular formula is C14H26N2O4. The van der Waals surface area contributed by atoms with Gasteiger partial charge in [-0.1, -0.05) is 25.7 Å². The zero-order valence-electron chi connectivity index (χ0n) is 12.2. The van der Waals surface area contributed by atoms with E-state index < -0.39 is 17.5 Å². The number of carboxylic acids is 1. The van der Waals surface area contributed by atoms with Crippen LogP contribution in [0.25, 0.3) is 0 Å². The van der Waals surface area contributed by atoms with E-state index >= 15 is 0 Å². The third kappa shape index (κ3) is 5.36. The second kappa shape index (κ2) is 8.79. The summed E-state index contributed by atoms with van der Waals surface area (Å²) in [5.74, 6) is -0.927. The van der Waals surface area contributed by atoms with Crippen LogP contribution in [0.3, 0.4) is 0 Å². The van der Waals surface area contributed by atoms with E-state index in [1.807, 2.05) is 6.92 Å². The van der Waals surface area contributed by atoms with Gasteiger partial charge in [0.15, 0.2) is 0 Å². The third-order valence-electron chi connectivity index (χ3n) is 3.67. The quantitative estimate of drug-likeness (QED) is 0.492. The lowest BCUT2D eigenvalue weighted by Crippen LogP contribution is -2.57. The van der Waals surface area contributed by atoms with Crippen molar-refractivity contribution in [3.8, 4) is 0 Å². The van der Waals surface area contributed by atoms with Gasteiger partial charge in [-0.3, -0.25) is 0 Å². The molecule has 20 heavy (non-hydrogen) atoms. The highest BCUT2D eigenvalue weighted by atomic mass is 16.5. The smallest absolute Gasteiger partial charge is 0.329 e. The van der Waals surface area contributed by atoms with Gasteiger partial charge in [0.2, 0.25) is 0 Å². The first-order valence-electron chi connectivity index (χ1n) is 7.48. The van der Waals surface area contributed by atoms with Gasteiger partial charge in [0.05, 0.1) is 0 Å². The van der Waals surface area contributed by atoms with Crippen molar-refractivity contribution >= 4 is 12.0 Å². The zero-order valence-corrected chi connectivity index (χ0v) is 12.2. The molecule has 0 atom stereocenters. The van der Waals surface area contributed by atoms with E-state index in [0.29, 0.717) is 32.6 Å². The molecule has 6 heteroatoms. The molecule has 0 aliphatic heterocycles. The molecule has 1 rings (SSSR count). The second-order valence-electron chi connectivity index (χ2n) is 5.23. The summed E-state index contributed by atoms with van der Waals surface area (Å²) in [7, 11) is 0. The van der Waals surface area contributed by atoms with Crippen molar-refractivity contribution in [1.29, 1.82) is 0 Å². The van der Waals surface area contributed by atoms with E-state index in [1.165, 1.54) is 0 Å². The first kappa shape index (κ1) is 16.8. The summed E-state index contributed by atoms with van der Waals surface area (Å²) >= 11 is 0. The molecule has 1 aliphatic carbocycles. The van der Waals surface area contributed by atoms with Crippen molar-refractivity contribution in [1.82, 2.24) is 10.6 Å². The number of carbonyl (C=O) groups is 2. The fourth-order valence-electron chi connectivity index (χ4n) is 2.51. The maximum absolute atomic E-state index is 11.8. The van der Waals surface area contributed by atoms with Crippen LogP contribution in [-0.2, 0) is 9.53 Å². The number of aliphatic carboxylic acids is 1. The number of hydrogen-bond acceptors (Lipinski definition) is 3. The lowest BCUT2D eigenvalue weighted by molar-refractivity contribution is -0.145. The van der Waals surface area contributed by atoms with Gasteiger partial charge in [-0.15, -0.1) is 0 Å². The molecule has 1 fully saturated rings. The number of carboxylic acid groups (broad SMARTS) is 1. The van der Waals surface area contributed by atoms with Crippen LogP contribution in [0.5, 0.6) is 0 Å².